The van der Waals surface area contributed by atoms with E-state index in [-0.39, 0.29) is 11.8 Å². The number of amides is 2. The molecule has 1 aliphatic carbocycles. The number of carbonyl (C=O) groups excluding carboxylic acids is 2. The summed E-state index contributed by atoms with van der Waals surface area (Å²) in [4.78, 5) is 29.1. The number of halogens is 1. The fourth-order valence-electron chi connectivity index (χ4n) is 4.02. The minimum atomic E-state index is -0.413. The second kappa shape index (κ2) is 7.51. The number of hydrogen-bond acceptors (Lipinski definition) is 2. The van der Waals surface area contributed by atoms with Crippen molar-refractivity contribution >= 4 is 11.8 Å². The molecule has 0 aromatic heterocycles. The Hall–Kier alpha value is -2.69. The van der Waals surface area contributed by atoms with Crippen LogP contribution in [0.1, 0.15) is 44.7 Å². The molecule has 27 heavy (non-hydrogen) atoms. The molecule has 1 heterocycles. The average molecular weight is 366 g/mol. The molecule has 0 N–H and O–H groups in total. The number of hydrogen-bond donors (Lipinski definition) is 0. The van der Waals surface area contributed by atoms with Crippen molar-refractivity contribution in [3.05, 3.63) is 70.5 Å². The lowest BCUT2D eigenvalue weighted by molar-refractivity contribution is 0.0718. The van der Waals surface area contributed by atoms with Gasteiger partial charge < -0.3 is 9.80 Å². The molecule has 0 bridgehead atoms. The molecule has 2 aromatic rings. The van der Waals surface area contributed by atoms with E-state index in [4.69, 9.17) is 0 Å². The van der Waals surface area contributed by atoms with Crippen LogP contribution in [0.5, 0.6) is 0 Å². The molecule has 0 spiro atoms. The van der Waals surface area contributed by atoms with Crippen LogP contribution in [0.15, 0.2) is 42.5 Å². The van der Waals surface area contributed by atoms with E-state index < -0.39 is 5.82 Å². The van der Waals surface area contributed by atoms with Gasteiger partial charge in [0.25, 0.3) is 11.8 Å². The summed E-state index contributed by atoms with van der Waals surface area (Å²) in [7, 11) is 0. The highest BCUT2D eigenvalue weighted by molar-refractivity contribution is 5.95. The lowest BCUT2D eigenvalue weighted by atomic mass is 10.1. The molecule has 0 saturated carbocycles. The van der Waals surface area contributed by atoms with Crippen molar-refractivity contribution in [2.24, 2.45) is 0 Å². The third kappa shape index (κ3) is 3.72. The molecule has 0 atom stereocenters. The quantitative estimate of drug-likeness (QED) is 0.818. The molecule has 0 unspecified atom stereocenters. The largest absolute Gasteiger partial charge is 0.337 e. The maximum absolute atomic E-state index is 13.4. The summed E-state index contributed by atoms with van der Waals surface area (Å²) in [5.41, 5.74) is 3.74. The van der Waals surface area contributed by atoms with Gasteiger partial charge in [0.1, 0.15) is 5.82 Å². The first-order chi connectivity index (χ1) is 13.1. The first-order valence-corrected chi connectivity index (χ1v) is 9.58. The predicted molar refractivity (Wildman–Crippen MR) is 101 cm³/mol. The van der Waals surface area contributed by atoms with Gasteiger partial charge in [-0.3, -0.25) is 9.59 Å². The van der Waals surface area contributed by atoms with Crippen LogP contribution in [0.4, 0.5) is 4.39 Å². The average Bonchev–Trinajstić information content (AvgIpc) is 3.01. The van der Waals surface area contributed by atoms with Gasteiger partial charge >= 0.3 is 0 Å². The van der Waals surface area contributed by atoms with Gasteiger partial charge in [-0.1, -0.05) is 12.1 Å². The Morgan fingerprint density at radius 1 is 0.741 bits per heavy atom. The van der Waals surface area contributed by atoms with Crippen molar-refractivity contribution in [2.45, 2.75) is 25.7 Å². The van der Waals surface area contributed by atoms with E-state index in [1.807, 2.05) is 17.0 Å². The predicted octanol–water partition coefficient (Wildman–Crippen LogP) is 3.30. The fourth-order valence-corrected chi connectivity index (χ4v) is 4.02. The zero-order valence-corrected chi connectivity index (χ0v) is 15.3. The standard InChI is InChI=1S/C22H23FN2O2/c23-20-7-2-6-18(15-20)21(26)24-10-3-11-25(13-12-24)22(27)19-9-8-16-4-1-5-17(16)14-19/h2,6-9,14-15H,1,3-5,10-13H2. The van der Waals surface area contributed by atoms with Gasteiger partial charge in [-0.2, -0.15) is 0 Å². The Morgan fingerprint density at radius 3 is 2.11 bits per heavy atom. The summed E-state index contributed by atoms with van der Waals surface area (Å²) in [5, 5.41) is 0. The van der Waals surface area contributed by atoms with Crippen LogP contribution in [-0.4, -0.2) is 47.8 Å². The van der Waals surface area contributed by atoms with Gasteiger partial charge in [-0.25, -0.2) is 4.39 Å². The highest BCUT2D eigenvalue weighted by atomic mass is 19.1. The minimum Gasteiger partial charge on any atom is -0.337 e. The van der Waals surface area contributed by atoms with E-state index in [1.165, 1.54) is 23.3 Å². The number of carbonyl (C=O) groups is 2. The van der Waals surface area contributed by atoms with E-state index in [9.17, 15) is 14.0 Å². The van der Waals surface area contributed by atoms with Crippen LogP contribution in [0, 0.1) is 5.82 Å². The third-order valence-electron chi connectivity index (χ3n) is 5.49. The topological polar surface area (TPSA) is 40.6 Å². The molecule has 1 aliphatic heterocycles. The van der Waals surface area contributed by atoms with E-state index in [0.717, 1.165) is 31.2 Å². The monoisotopic (exact) mass is 366 g/mol. The van der Waals surface area contributed by atoms with Crippen LogP contribution in [-0.2, 0) is 12.8 Å². The smallest absolute Gasteiger partial charge is 0.254 e. The molecule has 4 rings (SSSR count). The number of benzene rings is 2. The van der Waals surface area contributed by atoms with E-state index in [1.54, 1.807) is 17.0 Å². The van der Waals surface area contributed by atoms with Gasteiger partial charge in [0.05, 0.1) is 0 Å². The second-order valence-electron chi connectivity index (χ2n) is 7.29. The molecular weight excluding hydrogens is 343 g/mol. The van der Waals surface area contributed by atoms with E-state index in [2.05, 4.69) is 6.07 Å². The molecule has 140 valence electrons. The summed E-state index contributed by atoms with van der Waals surface area (Å²) >= 11 is 0. The third-order valence-corrected chi connectivity index (χ3v) is 5.49. The van der Waals surface area contributed by atoms with Gasteiger partial charge in [-0.05, 0) is 67.1 Å². The lowest BCUT2D eigenvalue weighted by Gasteiger charge is -2.22. The summed E-state index contributed by atoms with van der Waals surface area (Å²) in [5.74, 6) is -0.560. The lowest BCUT2D eigenvalue weighted by Crippen LogP contribution is -2.37. The zero-order chi connectivity index (χ0) is 18.8. The van der Waals surface area contributed by atoms with Crippen LogP contribution in [0.2, 0.25) is 0 Å². The molecular formula is C22H23FN2O2. The van der Waals surface area contributed by atoms with Gasteiger partial charge in [0.2, 0.25) is 0 Å². The second-order valence-corrected chi connectivity index (χ2v) is 7.29. The van der Waals surface area contributed by atoms with Crippen molar-refractivity contribution in [3.63, 3.8) is 0 Å². The molecule has 0 radical (unpaired) electrons. The van der Waals surface area contributed by atoms with Crippen molar-refractivity contribution in [3.8, 4) is 0 Å². The van der Waals surface area contributed by atoms with Gasteiger partial charge in [-0.15, -0.1) is 0 Å². The van der Waals surface area contributed by atoms with E-state index in [0.29, 0.717) is 31.7 Å². The summed E-state index contributed by atoms with van der Waals surface area (Å²) in [6.07, 6.45) is 4.03. The van der Waals surface area contributed by atoms with Crippen molar-refractivity contribution in [1.82, 2.24) is 9.80 Å². The van der Waals surface area contributed by atoms with Crippen molar-refractivity contribution < 1.29 is 14.0 Å². The first-order valence-electron chi connectivity index (χ1n) is 9.58. The van der Waals surface area contributed by atoms with Crippen molar-refractivity contribution in [2.75, 3.05) is 26.2 Å². The minimum absolute atomic E-state index is 0.0322. The fraction of sp³-hybridized carbons (Fsp3) is 0.364. The summed E-state index contributed by atoms with van der Waals surface area (Å²) < 4.78 is 13.4. The number of nitrogens with zero attached hydrogens (tertiary/aromatic N) is 2. The van der Waals surface area contributed by atoms with Crippen LogP contribution >= 0.6 is 0 Å². The van der Waals surface area contributed by atoms with Crippen LogP contribution < -0.4 is 0 Å². The Morgan fingerprint density at radius 2 is 1.41 bits per heavy atom. The van der Waals surface area contributed by atoms with Crippen LogP contribution in [0.3, 0.4) is 0 Å². The zero-order valence-electron chi connectivity index (χ0n) is 15.3. The molecule has 2 amide bonds. The number of aryl methyl sites for hydroxylation is 2. The van der Waals surface area contributed by atoms with Gasteiger partial charge in [0.15, 0.2) is 0 Å². The maximum Gasteiger partial charge on any atom is 0.254 e. The highest BCUT2D eigenvalue weighted by Gasteiger charge is 2.24. The number of fused-ring (bicyclic) bond motifs is 1. The molecule has 4 nitrogen and oxygen atoms in total. The molecule has 2 aromatic carbocycles. The van der Waals surface area contributed by atoms with Gasteiger partial charge in [0, 0.05) is 37.3 Å². The molecule has 1 saturated heterocycles. The molecule has 5 heteroatoms. The Labute approximate surface area is 158 Å². The van der Waals surface area contributed by atoms with Crippen LogP contribution in [0.25, 0.3) is 0 Å². The van der Waals surface area contributed by atoms with E-state index >= 15 is 0 Å². The highest BCUT2D eigenvalue weighted by Crippen LogP contribution is 2.23. The normalized spacial score (nSPS) is 16.8. The Kier molecular flexibility index (Phi) is 4.92. The Balaban J connectivity index is 1.44. The molecule has 2 aliphatic rings. The SMILES string of the molecule is O=C(c1cccc(F)c1)N1CCCN(C(=O)c2ccc3c(c2)CCC3)CC1. The first kappa shape index (κ1) is 17.7. The summed E-state index contributed by atoms with van der Waals surface area (Å²) in [6.45, 7) is 2.16. The maximum atomic E-state index is 13.4. The number of rotatable bonds is 2. The Bertz CT molecular complexity index is 880. The van der Waals surface area contributed by atoms with Crippen molar-refractivity contribution in [1.29, 1.82) is 0 Å². The summed E-state index contributed by atoms with van der Waals surface area (Å²) in [6, 6.07) is 11.8. The molecule has 1 fully saturated rings.